The number of para-hydroxylation sites is 2. The summed E-state index contributed by atoms with van der Waals surface area (Å²) in [4.78, 5) is 12.3. The number of hydrogen-bond acceptors (Lipinski definition) is 3. The van der Waals surface area contributed by atoms with Crippen LogP contribution in [0.15, 0.2) is 54.6 Å². The molecule has 110 valence electrons. The second-order valence-corrected chi connectivity index (χ2v) is 5.04. The third-order valence-electron chi connectivity index (χ3n) is 2.95. The highest BCUT2D eigenvalue weighted by Gasteiger charge is 2.17. The second-order valence-electron chi connectivity index (χ2n) is 5.04. The Kier molecular flexibility index (Phi) is 4.95. The van der Waals surface area contributed by atoms with Crippen molar-refractivity contribution in [2.45, 2.75) is 26.0 Å². The molecular weight excluding hydrogens is 264 g/mol. The average Bonchev–Trinajstić information content (AvgIpc) is 2.49. The van der Waals surface area contributed by atoms with Gasteiger partial charge in [-0.2, -0.15) is 0 Å². The van der Waals surface area contributed by atoms with Crippen LogP contribution in [0, 0.1) is 0 Å². The molecule has 2 rings (SSSR count). The van der Waals surface area contributed by atoms with Gasteiger partial charge in [0.05, 0.1) is 11.8 Å². The van der Waals surface area contributed by atoms with Gasteiger partial charge in [-0.3, -0.25) is 4.79 Å². The number of hydrogen-bond donors (Lipinski definition) is 2. The van der Waals surface area contributed by atoms with Crippen LogP contribution in [0.5, 0.6) is 5.75 Å². The van der Waals surface area contributed by atoms with E-state index in [1.807, 2.05) is 62.4 Å². The number of anilines is 1. The first-order chi connectivity index (χ1) is 10.1. The largest absolute Gasteiger partial charge is 0.489 e. The van der Waals surface area contributed by atoms with Gasteiger partial charge >= 0.3 is 0 Å². The summed E-state index contributed by atoms with van der Waals surface area (Å²) in [6.45, 7) is 3.88. The van der Waals surface area contributed by atoms with E-state index in [1.54, 1.807) is 6.07 Å². The van der Waals surface area contributed by atoms with E-state index in [4.69, 9.17) is 10.5 Å². The fourth-order valence-corrected chi connectivity index (χ4v) is 1.95. The first kappa shape index (κ1) is 15.1. The summed E-state index contributed by atoms with van der Waals surface area (Å²) in [5.41, 5.74) is 7.39. The van der Waals surface area contributed by atoms with Crippen molar-refractivity contribution in [3.63, 3.8) is 0 Å². The zero-order valence-corrected chi connectivity index (χ0v) is 12.2. The van der Waals surface area contributed by atoms with Crippen molar-refractivity contribution in [3.05, 3.63) is 60.2 Å². The predicted octanol–water partition coefficient (Wildman–Crippen LogP) is 3.11. The zero-order valence-electron chi connectivity index (χ0n) is 12.2. The van der Waals surface area contributed by atoms with Gasteiger partial charge in [0.15, 0.2) is 0 Å². The summed E-state index contributed by atoms with van der Waals surface area (Å²) >= 11 is 0. The Morgan fingerprint density at radius 1 is 1.05 bits per heavy atom. The third-order valence-corrected chi connectivity index (χ3v) is 2.95. The lowest BCUT2D eigenvalue weighted by Gasteiger charge is -2.17. The summed E-state index contributed by atoms with van der Waals surface area (Å²) in [5.74, 6) is 0.377. The Balaban J connectivity index is 2.13. The van der Waals surface area contributed by atoms with E-state index in [1.165, 1.54) is 0 Å². The summed E-state index contributed by atoms with van der Waals surface area (Å²) in [7, 11) is 0. The maximum Gasteiger partial charge on any atom is 0.245 e. The molecule has 0 heterocycles. The lowest BCUT2D eigenvalue weighted by atomic mass is 10.1. The van der Waals surface area contributed by atoms with Gasteiger partial charge in [0.25, 0.3) is 0 Å². The highest BCUT2D eigenvalue weighted by molar-refractivity contribution is 5.96. The molecule has 2 aromatic rings. The molecule has 0 fully saturated rings. The summed E-state index contributed by atoms with van der Waals surface area (Å²) in [5, 5.41) is 2.83. The van der Waals surface area contributed by atoms with Gasteiger partial charge in [-0.1, -0.05) is 42.5 Å². The SMILES string of the molecule is CC(C)Oc1ccccc1NC(=O)[C@@H](N)c1ccccc1. The predicted molar refractivity (Wildman–Crippen MR) is 84.2 cm³/mol. The van der Waals surface area contributed by atoms with E-state index < -0.39 is 6.04 Å². The van der Waals surface area contributed by atoms with Crippen molar-refractivity contribution >= 4 is 11.6 Å². The van der Waals surface area contributed by atoms with Crippen LogP contribution in [-0.4, -0.2) is 12.0 Å². The number of nitrogens with one attached hydrogen (secondary N) is 1. The van der Waals surface area contributed by atoms with Crippen molar-refractivity contribution in [1.29, 1.82) is 0 Å². The first-order valence-electron chi connectivity index (χ1n) is 6.95. The highest BCUT2D eigenvalue weighted by Crippen LogP contribution is 2.25. The average molecular weight is 284 g/mol. The summed E-state index contributed by atoms with van der Waals surface area (Å²) in [6, 6.07) is 15.9. The van der Waals surface area contributed by atoms with Crippen molar-refractivity contribution < 1.29 is 9.53 Å². The minimum Gasteiger partial charge on any atom is -0.489 e. The molecule has 1 amide bonds. The molecule has 1 atom stereocenters. The monoisotopic (exact) mass is 284 g/mol. The van der Waals surface area contributed by atoms with Crippen LogP contribution in [0.2, 0.25) is 0 Å². The third kappa shape index (κ3) is 4.07. The minimum atomic E-state index is -0.710. The molecule has 0 aliphatic heterocycles. The molecule has 0 saturated carbocycles. The van der Waals surface area contributed by atoms with E-state index in [2.05, 4.69) is 5.32 Å². The van der Waals surface area contributed by atoms with Gasteiger partial charge in [0, 0.05) is 0 Å². The van der Waals surface area contributed by atoms with Crippen LogP contribution in [0.25, 0.3) is 0 Å². The number of carbonyl (C=O) groups is 1. The van der Waals surface area contributed by atoms with Crippen molar-refractivity contribution in [3.8, 4) is 5.75 Å². The number of benzene rings is 2. The smallest absolute Gasteiger partial charge is 0.245 e. The lowest BCUT2D eigenvalue weighted by Crippen LogP contribution is -2.28. The molecule has 0 unspecified atom stereocenters. The van der Waals surface area contributed by atoms with E-state index in [0.29, 0.717) is 11.4 Å². The van der Waals surface area contributed by atoms with Gasteiger partial charge in [-0.25, -0.2) is 0 Å². The maximum absolute atomic E-state index is 12.3. The zero-order chi connectivity index (χ0) is 15.2. The molecule has 4 nitrogen and oxygen atoms in total. The molecule has 0 saturated heterocycles. The van der Waals surface area contributed by atoms with E-state index in [0.717, 1.165) is 5.56 Å². The lowest BCUT2D eigenvalue weighted by molar-refractivity contribution is -0.117. The van der Waals surface area contributed by atoms with Crippen LogP contribution < -0.4 is 15.8 Å². The molecule has 0 aromatic heterocycles. The molecule has 0 radical (unpaired) electrons. The normalized spacial score (nSPS) is 12.0. The van der Waals surface area contributed by atoms with Crippen molar-refractivity contribution in [2.24, 2.45) is 5.73 Å². The number of nitrogens with two attached hydrogens (primary N) is 1. The highest BCUT2D eigenvalue weighted by atomic mass is 16.5. The van der Waals surface area contributed by atoms with Crippen LogP contribution in [0.4, 0.5) is 5.69 Å². The Morgan fingerprint density at radius 3 is 2.33 bits per heavy atom. The van der Waals surface area contributed by atoms with Gasteiger partial charge in [-0.05, 0) is 31.5 Å². The maximum atomic E-state index is 12.3. The van der Waals surface area contributed by atoms with Crippen LogP contribution in [0.1, 0.15) is 25.5 Å². The Hall–Kier alpha value is -2.33. The Bertz CT molecular complexity index is 597. The molecule has 0 spiro atoms. The molecule has 2 aromatic carbocycles. The molecule has 0 aliphatic rings. The van der Waals surface area contributed by atoms with Crippen LogP contribution >= 0.6 is 0 Å². The standard InChI is InChI=1S/C17H20N2O2/c1-12(2)21-15-11-7-6-10-14(15)19-17(20)16(18)13-8-4-3-5-9-13/h3-12,16H,18H2,1-2H3,(H,19,20)/t16-/m0/s1. The Labute approximate surface area is 124 Å². The van der Waals surface area contributed by atoms with E-state index >= 15 is 0 Å². The first-order valence-corrected chi connectivity index (χ1v) is 6.95. The van der Waals surface area contributed by atoms with Crippen LogP contribution in [0.3, 0.4) is 0 Å². The topological polar surface area (TPSA) is 64.3 Å². The molecule has 0 aliphatic carbocycles. The number of carbonyl (C=O) groups excluding carboxylic acids is 1. The van der Waals surface area contributed by atoms with Gasteiger partial charge < -0.3 is 15.8 Å². The van der Waals surface area contributed by atoms with Crippen molar-refractivity contribution in [1.82, 2.24) is 0 Å². The molecule has 3 N–H and O–H groups in total. The summed E-state index contributed by atoms with van der Waals surface area (Å²) in [6.07, 6.45) is 0.0332. The van der Waals surface area contributed by atoms with Crippen LogP contribution in [-0.2, 0) is 4.79 Å². The second kappa shape index (κ2) is 6.90. The fraction of sp³-hybridized carbons (Fsp3) is 0.235. The molecule has 0 bridgehead atoms. The number of ether oxygens (including phenoxy) is 1. The quantitative estimate of drug-likeness (QED) is 0.886. The van der Waals surface area contributed by atoms with Crippen molar-refractivity contribution in [2.75, 3.05) is 5.32 Å². The van der Waals surface area contributed by atoms with E-state index in [-0.39, 0.29) is 12.0 Å². The molecular formula is C17H20N2O2. The number of rotatable bonds is 5. The molecule has 4 heteroatoms. The summed E-state index contributed by atoms with van der Waals surface area (Å²) < 4.78 is 5.68. The number of amides is 1. The molecule has 21 heavy (non-hydrogen) atoms. The van der Waals surface area contributed by atoms with Gasteiger partial charge in [-0.15, -0.1) is 0 Å². The fourth-order valence-electron chi connectivity index (χ4n) is 1.95. The van der Waals surface area contributed by atoms with E-state index in [9.17, 15) is 4.79 Å². The Morgan fingerprint density at radius 2 is 1.67 bits per heavy atom. The van der Waals surface area contributed by atoms with Gasteiger partial charge in [0.1, 0.15) is 11.8 Å². The van der Waals surface area contributed by atoms with Gasteiger partial charge in [0.2, 0.25) is 5.91 Å². The minimum absolute atomic E-state index is 0.0332.